The van der Waals surface area contributed by atoms with Crippen LogP contribution in [0.15, 0.2) is 72.8 Å². The Balaban J connectivity index is 1.98. The molecule has 5 nitrogen and oxygen atoms in total. The highest BCUT2D eigenvalue weighted by Gasteiger charge is 2.03. The van der Waals surface area contributed by atoms with Gasteiger partial charge in [-0.05, 0) is 35.9 Å². The van der Waals surface area contributed by atoms with E-state index >= 15 is 0 Å². The maximum absolute atomic E-state index is 12.1. The number of rotatable bonds is 6. The molecule has 2 aromatic carbocycles. The first-order chi connectivity index (χ1) is 11.5. The van der Waals surface area contributed by atoms with Gasteiger partial charge < -0.3 is 10.4 Å². The van der Waals surface area contributed by atoms with Crippen molar-refractivity contribution in [1.82, 2.24) is 0 Å². The summed E-state index contributed by atoms with van der Waals surface area (Å²) in [6.45, 7) is 0. The molecule has 0 aliphatic carbocycles. The summed E-state index contributed by atoms with van der Waals surface area (Å²) in [7, 11) is 0. The van der Waals surface area contributed by atoms with E-state index in [9.17, 15) is 14.4 Å². The number of nitrogens with one attached hydrogen (secondary N) is 1. The summed E-state index contributed by atoms with van der Waals surface area (Å²) >= 11 is 0. The van der Waals surface area contributed by atoms with E-state index in [4.69, 9.17) is 5.11 Å². The molecule has 0 spiro atoms. The third-order valence-corrected chi connectivity index (χ3v) is 3.04. The molecule has 0 saturated carbocycles. The lowest BCUT2D eigenvalue weighted by atomic mass is 10.1. The number of carboxylic acids is 1. The van der Waals surface area contributed by atoms with E-state index in [1.54, 1.807) is 30.3 Å². The molecule has 2 rings (SSSR count). The molecule has 0 aliphatic heterocycles. The number of allylic oxidation sites excluding steroid dienone is 1. The van der Waals surface area contributed by atoms with Gasteiger partial charge in [0.25, 0.3) is 0 Å². The van der Waals surface area contributed by atoms with Crippen molar-refractivity contribution in [1.29, 1.82) is 0 Å². The van der Waals surface area contributed by atoms with E-state index < -0.39 is 11.9 Å². The molecule has 2 aromatic rings. The molecule has 120 valence electrons. The molecule has 0 radical (unpaired) electrons. The molecule has 2 N–H and O–H groups in total. The molecule has 0 aromatic heterocycles. The maximum Gasteiger partial charge on any atom is 0.328 e. The van der Waals surface area contributed by atoms with Crippen LogP contribution in [0.4, 0.5) is 5.69 Å². The zero-order chi connectivity index (χ0) is 17.4. The summed E-state index contributed by atoms with van der Waals surface area (Å²) < 4.78 is 0. The fourth-order valence-electron chi connectivity index (χ4n) is 1.88. The van der Waals surface area contributed by atoms with Crippen LogP contribution in [-0.4, -0.2) is 22.8 Å². The molecule has 1 amide bonds. The molecule has 5 heteroatoms. The van der Waals surface area contributed by atoms with Gasteiger partial charge in [0, 0.05) is 23.4 Å². The van der Waals surface area contributed by atoms with Gasteiger partial charge in [0.05, 0.1) is 0 Å². The van der Waals surface area contributed by atoms with Gasteiger partial charge in [-0.15, -0.1) is 0 Å². The van der Waals surface area contributed by atoms with Crippen molar-refractivity contribution < 1.29 is 19.5 Å². The van der Waals surface area contributed by atoms with Crippen LogP contribution in [0, 0.1) is 0 Å². The first-order valence-corrected chi connectivity index (χ1v) is 7.14. The lowest BCUT2D eigenvalue weighted by molar-refractivity contribution is -0.131. The van der Waals surface area contributed by atoms with E-state index in [1.807, 2.05) is 30.3 Å². The molecule has 0 saturated heterocycles. The Morgan fingerprint density at radius 1 is 0.833 bits per heavy atom. The predicted octanol–water partition coefficient (Wildman–Crippen LogP) is 3.16. The van der Waals surface area contributed by atoms with Crippen molar-refractivity contribution in [3.8, 4) is 0 Å². The van der Waals surface area contributed by atoms with Crippen LogP contribution in [-0.2, 0) is 9.59 Å². The van der Waals surface area contributed by atoms with Gasteiger partial charge in [-0.1, -0.05) is 36.4 Å². The normalized spacial score (nSPS) is 10.8. The first-order valence-electron chi connectivity index (χ1n) is 7.14. The van der Waals surface area contributed by atoms with Crippen LogP contribution >= 0.6 is 0 Å². The predicted molar refractivity (Wildman–Crippen MR) is 91.7 cm³/mol. The Hall–Kier alpha value is -3.47. The zero-order valence-corrected chi connectivity index (χ0v) is 12.7. The second-order valence-corrected chi connectivity index (χ2v) is 4.85. The van der Waals surface area contributed by atoms with Gasteiger partial charge in [0.2, 0.25) is 5.91 Å². The monoisotopic (exact) mass is 321 g/mol. The number of hydrogen-bond acceptors (Lipinski definition) is 3. The number of anilines is 1. The van der Waals surface area contributed by atoms with E-state index in [2.05, 4.69) is 5.32 Å². The summed E-state index contributed by atoms with van der Waals surface area (Å²) in [6, 6.07) is 15.8. The average Bonchev–Trinajstić information content (AvgIpc) is 2.59. The van der Waals surface area contributed by atoms with Crippen molar-refractivity contribution in [2.24, 2.45) is 0 Å². The van der Waals surface area contributed by atoms with Crippen molar-refractivity contribution >= 4 is 29.4 Å². The highest BCUT2D eigenvalue weighted by atomic mass is 16.4. The Bertz CT molecular complexity index is 790. The molecule has 0 aliphatic rings. The molecular weight excluding hydrogens is 306 g/mol. The number of aliphatic carboxylic acids is 1. The molecule has 0 heterocycles. The number of carbonyl (C=O) groups excluding carboxylic acids is 2. The fraction of sp³-hybridized carbons (Fsp3) is 0. The van der Waals surface area contributed by atoms with Gasteiger partial charge in [-0.2, -0.15) is 0 Å². The van der Waals surface area contributed by atoms with Crippen molar-refractivity contribution in [2.45, 2.75) is 0 Å². The first kappa shape index (κ1) is 16.9. The van der Waals surface area contributed by atoms with E-state index in [0.29, 0.717) is 11.3 Å². The van der Waals surface area contributed by atoms with Crippen LogP contribution in [0.1, 0.15) is 15.9 Å². The largest absolute Gasteiger partial charge is 0.478 e. The van der Waals surface area contributed by atoms with E-state index in [1.165, 1.54) is 6.08 Å². The molecule has 0 bridgehead atoms. The average molecular weight is 321 g/mol. The highest BCUT2D eigenvalue weighted by Crippen LogP contribution is 2.11. The molecule has 24 heavy (non-hydrogen) atoms. The van der Waals surface area contributed by atoms with Crippen LogP contribution in [0.2, 0.25) is 0 Å². The Labute approximate surface area is 138 Å². The van der Waals surface area contributed by atoms with Crippen LogP contribution < -0.4 is 5.32 Å². The van der Waals surface area contributed by atoms with Gasteiger partial charge in [-0.25, -0.2) is 4.79 Å². The highest BCUT2D eigenvalue weighted by molar-refractivity contribution is 6.07. The second kappa shape index (κ2) is 8.24. The number of carbonyl (C=O) groups is 3. The minimum atomic E-state index is -1.20. The fourth-order valence-corrected chi connectivity index (χ4v) is 1.88. The summed E-state index contributed by atoms with van der Waals surface area (Å²) in [6.07, 6.45) is 4.89. The second-order valence-electron chi connectivity index (χ2n) is 4.85. The van der Waals surface area contributed by atoms with Crippen LogP contribution in [0.25, 0.3) is 6.08 Å². The van der Waals surface area contributed by atoms with Crippen molar-refractivity contribution in [2.75, 3.05) is 5.32 Å². The maximum atomic E-state index is 12.1. The number of ketones is 1. The van der Waals surface area contributed by atoms with Gasteiger partial charge in [0.1, 0.15) is 0 Å². The Kier molecular flexibility index (Phi) is 5.80. The SMILES string of the molecule is O=C(O)/C=C\C(=O)Nc1ccc(C(=O)/C=C/c2ccccc2)cc1. The van der Waals surface area contributed by atoms with Crippen molar-refractivity contribution in [3.63, 3.8) is 0 Å². The summed E-state index contributed by atoms with van der Waals surface area (Å²) in [5, 5.41) is 11.0. The third-order valence-electron chi connectivity index (χ3n) is 3.04. The Morgan fingerprint density at radius 2 is 1.50 bits per heavy atom. The van der Waals surface area contributed by atoms with Crippen molar-refractivity contribution in [3.05, 3.63) is 84.0 Å². The summed E-state index contributed by atoms with van der Waals surface area (Å²) in [5.74, 6) is -1.90. The topological polar surface area (TPSA) is 83.5 Å². The van der Waals surface area contributed by atoms with Crippen LogP contribution in [0.5, 0.6) is 0 Å². The van der Waals surface area contributed by atoms with Gasteiger partial charge >= 0.3 is 5.97 Å². The van der Waals surface area contributed by atoms with Gasteiger partial charge in [-0.3, -0.25) is 9.59 Å². The number of amides is 1. The van der Waals surface area contributed by atoms with Crippen LogP contribution in [0.3, 0.4) is 0 Å². The molecular formula is C19H15NO4. The smallest absolute Gasteiger partial charge is 0.328 e. The number of hydrogen-bond donors (Lipinski definition) is 2. The Morgan fingerprint density at radius 3 is 2.12 bits per heavy atom. The number of carboxylic acid groups (broad SMARTS) is 1. The quantitative estimate of drug-likeness (QED) is 0.632. The van der Waals surface area contributed by atoms with E-state index in [0.717, 1.165) is 17.7 Å². The standard InChI is InChI=1S/C19H15NO4/c21-17(11-6-14-4-2-1-3-5-14)15-7-9-16(10-8-15)20-18(22)12-13-19(23)24/h1-13H,(H,20,22)(H,23,24)/b11-6+,13-12-. The molecule has 0 fully saturated rings. The summed E-state index contributed by atoms with van der Waals surface area (Å²) in [4.78, 5) is 33.9. The minimum Gasteiger partial charge on any atom is -0.478 e. The lowest BCUT2D eigenvalue weighted by Crippen LogP contribution is -2.08. The molecule has 0 unspecified atom stereocenters. The minimum absolute atomic E-state index is 0.150. The number of benzene rings is 2. The third kappa shape index (κ3) is 5.38. The van der Waals surface area contributed by atoms with E-state index in [-0.39, 0.29) is 5.78 Å². The van der Waals surface area contributed by atoms with Gasteiger partial charge in [0.15, 0.2) is 5.78 Å². The lowest BCUT2D eigenvalue weighted by Gasteiger charge is -2.03. The molecule has 0 atom stereocenters. The summed E-state index contributed by atoms with van der Waals surface area (Å²) in [5.41, 5.74) is 1.89. The zero-order valence-electron chi connectivity index (χ0n) is 12.7.